The summed E-state index contributed by atoms with van der Waals surface area (Å²) in [5.74, 6) is 2.27. The molecule has 0 saturated carbocycles. The maximum Gasteiger partial charge on any atom is 0.161 e. The molecule has 1 spiro atoms. The van der Waals surface area contributed by atoms with Crippen LogP contribution < -0.4 is 14.2 Å². The summed E-state index contributed by atoms with van der Waals surface area (Å²) >= 11 is 0. The second kappa shape index (κ2) is 8.34. The SMILES string of the molecule is Cc1ccc2c(c1)C(O)CC1(CCN(CC(O)c3ccc4c(c3)OCCCO4)CC1)O2. The first-order chi connectivity index (χ1) is 15.0. The number of aliphatic hydroxyl groups is 2. The van der Waals surface area contributed by atoms with Gasteiger partial charge in [-0.15, -0.1) is 0 Å². The molecule has 2 aromatic rings. The molecular weight excluding hydrogens is 394 g/mol. The fourth-order valence-corrected chi connectivity index (χ4v) is 4.94. The van der Waals surface area contributed by atoms with Gasteiger partial charge >= 0.3 is 0 Å². The van der Waals surface area contributed by atoms with E-state index in [1.165, 1.54) is 0 Å². The molecule has 0 aromatic heterocycles. The molecule has 0 bridgehead atoms. The zero-order valence-corrected chi connectivity index (χ0v) is 18.0. The number of rotatable bonds is 3. The average molecular weight is 426 g/mol. The van der Waals surface area contributed by atoms with Gasteiger partial charge in [-0.25, -0.2) is 0 Å². The molecule has 3 heterocycles. The van der Waals surface area contributed by atoms with Gasteiger partial charge in [-0.2, -0.15) is 0 Å². The average Bonchev–Trinajstić information content (AvgIpc) is 3.01. The van der Waals surface area contributed by atoms with Crippen molar-refractivity contribution in [1.29, 1.82) is 0 Å². The van der Waals surface area contributed by atoms with Crippen molar-refractivity contribution in [3.63, 3.8) is 0 Å². The Morgan fingerprint density at radius 2 is 1.77 bits per heavy atom. The molecule has 2 aromatic carbocycles. The number of fused-ring (bicyclic) bond motifs is 2. The van der Waals surface area contributed by atoms with E-state index in [1.807, 2.05) is 43.3 Å². The molecule has 0 radical (unpaired) electrons. The normalized spacial score (nSPS) is 23.5. The number of ether oxygens (including phenoxy) is 3. The van der Waals surface area contributed by atoms with Crippen LogP contribution in [0.1, 0.15) is 54.6 Å². The van der Waals surface area contributed by atoms with Crippen LogP contribution in [0.15, 0.2) is 36.4 Å². The summed E-state index contributed by atoms with van der Waals surface area (Å²) < 4.78 is 17.9. The standard InChI is InChI=1S/C25H31NO5/c1-17-3-5-22-19(13-17)20(27)15-25(31-22)7-9-26(10-8-25)16-21(28)18-4-6-23-24(14-18)30-12-2-11-29-23/h3-6,13-14,20-21,27-28H,2,7-12,15-16H2,1H3. The lowest BCUT2D eigenvalue weighted by Crippen LogP contribution is -2.51. The number of aryl methyl sites for hydroxylation is 1. The van der Waals surface area contributed by atoms with Crippen LogP contribution in [0.4, 0.5) is 0 Å². The predicted octanol–water partition coefficient (Wildman–Crippen LogP) is 3.54. The van der Waals surface area contributed by atoms with Crippen molar-refractivity contribution in [2.45, 2.75) is 50.4 Å². The molecular formula is C25H31NO5. The number of β-amino-alcohol motifs (C(OH)–C–C–N with tert-alkyl or cyclic N) is 1. The largest absolute Gasteiger partial charge is 0.490 e. The lowest BCUT2D eigenvalue weighted by atomic mass is 9.81. The predicted molar refractivity (Wildman–Crippen MR) is 117 cm³/mol. The number of hydrogen-bond acceptors (Lipinski definition) is 6. The minimum atomic E-state index is -0.590. The maximum atomic E-state index is 10.8. The molecule has 5 rings (SSSR count). The van der Waals surface area contributed by atoms with Crippen molar-refractivity contribution >= 4 is 0 Å². The summed E-state index contributed by atoms with van der Waals surface area (Å²) in [5.41, 5.74) is 2.56. The lowest BCUT2D eigenvalue weighted by molar-refractivity contribution is -0.0588. The fraction of sp³-hybridized carbons (Fsp3) is 0.520. The fourth-order valence-electron chi connectivity index (χ4n) is 4.94. The zero-order valence-electron chi connectivity index (χ0n) is 18.0. The number of nitrogens with zero attached hydrogens (tertiary/aromatic N) is 1. The van der Waals surface area contributed by atoms with Crippen LogP contribution in [0.2, 0.25) is 0 Å². The maximum absolute atomic E-state index is 10.8. The molecule has 0 aliphatic carbocycles. The van der Waals surface area contributed by atoms with Crippen LogP contribution >= 0.6 is 0 Å². The summed E-state index contributed by atoms with van der Waals surface area (Å²) in [6, 6.07) is 11.7. The third kappa shape index (κ3) is 4.25. The highest BCUT2D eigenvalue weighted by Gasteiger charge is 2.43. The van der Waals surface area contributed by atoms with E-state index in [4.69, 9.17) is 14.2 Å². The monoisotopic (exact) mass is 425 g/mol. The van der Waals surface area contributed by atoms with E-state index >= 15 is 0 Å². The Morgan fingerprint density at radius 3 is 2.58 bits per heavy atom. The third-order valence-corrected chi connectivity index (χ3v) is 6.77. The number of piperidine rings is 1. The number of benzene rings is 2. The van der Waals surface area contributed by atoms with E-state index in [0.29, 0.717) is 31.9 Å². The van der Waals surface area contributed by atoms with Gasteiger partial charge in [0.25, 0.3) is 0 Å². The minimum Gasteiger partial charge on any atom is -0.490 e. The lowest BCUT2D eigenvalue weighted by Gasteiger charge is -2.46. The van der Waals surface area contributed by atoms with Crippen molar-refractivity contribution in [2.75, 3.05) is 32.8 Å². The second-order valence-corrected chi connectivity index (χ2v) is 9.12. The zero-order chi connectivity index (χ0) is 21.4. The first-order valence-corrected chi connectivity index (χ1v) is 11.3. The molecule has 3 aliphatic heterocycles. The van der Waals surface area contributed by atoms with Gasteiger partial charge in [0.1, 0.15) is 11.4 Å². The molecule has 3 aliphatic rings. The van der Waals surface area contributed by atoms with Crippen molar-refractivity contribution in [2.24, 2.45) is 0 Å². The third-order valence-electron chi connectivity index (χ3n) is 6.77. The van der Waals surface area contributed by atoms with Gasteiger partial charge in [-0.1, -0.05) is 17.7 Å². The van der Waals surface area contributed by atoms with Gasteiger partial charge in [-0.05, 0) is 49.6 Å². The quantitative estimate of drug-likeness (QED) is 0.784. The van der Waals surface area contributed by atoms with E-state index in [0.717, 1.165) is 60.5 Å². The smallest absolute Gasteiger partial charge is 0.161 e. The highest BCUT2D eigenvalue weighted by molar-refractivity contribution is 5.44. The highest BCUT2D eigenvalue weighted by Crippen LogP contribution is 2.44. The van der Waals surface area contributed by atoms with E-state index in [2.05, 4.69) is 4.90 Å². The van der Waals surface area contributed by atoms with Crippen molar-refractivity contribution < 1.29 is 24.4 Å². The van der Waals surface area contributed by atoms with Gasteiger partial charge in [0.2, 0.25) is 0 Å². The van der Waals surface area contributed by atoms with Crippen LogP contribution in [0.5, 0.6) is 17.2 Å². The summed E-state index contributed by atoms with van der Waals surface area (Å²) in [5, 5.41) is 21.6. The molecule has 6 heteroatoms. The molecule has 166 valence electrons. The van der Waals surface area contributed by atoms with Crippen LogP contribution in [0.3, 0.4) is 0 Å². The van der Waals surface area contributed by atoms with E-state index in [9.17, 15) is 10.2 Å². The number of likely N-dealkylation sites (tertiary alicyclic amines) is 1. The van der Waals surface area contributed by atoms with Crippen LogP contribution in [0, 0.1) is 6.92 Å². The summed E-state index contributed by atoms with van der Waals surface area (Å²) in [4.78, 5) is 2.28. The molecule has 2 unspecified atom stereocenters. The Hall–Kier alpha value is -2.28. The molecule has 2 atom stereocenters. The Balaban J connectivity index is 1.21. The molecule has 6 nitrogen and oxygen atoms in total. The Labute approximate surface area is 183 Å². The van der Waals surface area contributed by atoms with Crippen LogP contribution in [-0.4, -0.2) is 53.6 Å². The second-order valence-electron chi connectivity index (χ2n) is 9.12. The van der Waals surface area contributed by atoms with Gasteiger partial charge in [0.15, 0.2) is 11.5 Å². The first-order valence-electron chi connectivity index (χ1n) is 11.3. The van der Waals surface area contributed by atoms with Crippen molar-refractivity contribution in [1.82, 2.24) is 4.90 Å². The number of aliphatic hydroxyl groups excluding tert-OH is 2. The molecule has 2 N–H and O–H groups in total. The first kappa shape index (κ1) is 20.6. The molecule has 1 saturated heterocycles. The van der Waals surface area contributed by atoms with E-state index in [-0.39, 0.29) is 5.60 Å². The number of hydrogen-bond donors (Lipinski definition) is 2. The Morgan fingerprint density at radius 1 is 1.03 bits per heavy atom. The van der Waals surface area contributed by atoms with E-state index in [1.54, 1.807) is 0 Å². The van der Waals surface area contributed by atoms with Crippen molar-refractivity contribution in [3.8, 4) is 17.2 Å². The van der Waals surface area contributed by atoms with Gasteiger partial charge in [0, 0.05) is 38.0 Å². The minimum absolute atomic E-state index is 0.321. The summed E-state index contributed by atoms with van der Waals surface area (Å²) in [6.45, 7) is 5.55. The van der Waals surface area contributed by atoms with E-state index < -0.39 is 12.2 Å². The van der Waals surface area contributed by atoms with Gasteiger partial charge in [0.05, 0.1) is 25.4 Å². The summed E-state index contributed by atoms with van der Waals surface area (Å²) in [6.07, 6.45) is 2.09. The van der Waals surface area contributed by atoms with Gasteiger partial charge < -0.3 is 29.3 Å². The van der Waals surface area contributed by atoms with Crippen LogP contribution in [-0.2, 0) is 0 Å². The molecule has 0 amide bonds. The van der Waals surface area contributed by atoms with Gasteiger partial charge in [-0.3, -0.25) is 0 Å². The topological polar surface area (TPSA) is 71.4 Å². The van der Waals surface area contributed by atoms with Crippen LogP contribution in [0.25, 0.3) is 0 Å². The Kier molecular flexibility index (Phi) is 5.54. The van der Waals surface area contributed by atoms with Crippen molar-refractivity contribution in [3.05, 3.63) is 53.1 Å². The Bertz CT molecular complexity index is 938. The molecule has 31 heavy (non-hydrogen) atoms. The molecule has 1 fully saturated rings. The summed E-state index contributed by atoms with van der Waals surface area (Å²) in [7, 11) is 0. The highest BCUT2D eigenvalue weighted by atomic mass is 16.5.